The van der Waals surface area contributed by atoms with Gasteiger partial charge in [0.05, 0.1) is 0 Å². The lowest BCUT2D eigenvalue weighted by Crippen LogP contribution is -2.38. The van der Waals surface area contributed by atoms with Crippen LogP contribution in [0.3, 0.4) is 0 Å². The van der Waals surface area contributed by atoms with E-state index in [1.165, 1.54) is 11.1 Å². The van der Waals surface area contributed by atoms with Gasteiger partial charge in [0.2, 0.25) is 5.91 Å². The van der Waals surface area contributed by atoms with Gasteiger partial charge >= 0.3 is 0 Å². The van der Waals surface area contributed by atoms with Gasteiger partial charge in [0.1, 0.15) is 0 Å². The summed E-state index contributed by atoms with van der Waals surface area (Å²) in [5.74, 6) is 0.771. The van der Waals surface area contributed by atoms with Gasteiger partial charge in [-0.15, -0.1) is 0 Å². The summed E-state index contributed by atoms with van der Waals surface area (Å²) in [6.45, 7) is 3.98. The zero-order valence-corrected chi connectivity index (χ0v) is 14.7. The molecule has 0 spiro atoms. The lowest BCUT2D eigenvalue weighted by molar-refractivity contribution is -0.121. The van der Waals surface area contributed by atoms with E-state index in [9.17, 15) is 4.79 Å². The number of nitrogens with one attached hydrogen (secondary N) is 1. The minimum Gasteiger partial charge on any atom is -0.356 e. The molecule has 0 aliphatic carbocycles. The first kappa shape index (κ1) is 17.6. The summed E-state index contributed by atoms with van der Waals surface area (Å²) in [6, 6.07) is 14.3. The average Bonchev–Trinajstić information content (AvgIpc) is 2.67. The summed E-state index contributed by atoms with van der Waals surface area (Å²) in [5.41, 5.74) is 2.50. The zero-order valence-electron chi connectivity index (χ0n) is 14.7. The molecule has 4 heteroatoms. The third kappa shape index (κ3) is 5.98. The second kappa shape index (κ2) is 9.33. The first-order chi connectivity index (χ1) is 12.3. The molecule has 0 bridgehead atoms. The van der Waals surface area contributed by atoms with Gasteiger partial charge in [-0.2, -0.15) is 0 Å². The largest absolute Gasteiger partial charge is 0.356 e. The van der Waals surface area contributed by atoms with Crippen LogP contribution in [0.15, 0.2) is 54.9 Å². The molecule has 0 atom stereocenters. The van der Waals surface area contributed by atoms with Gasteiger partial charge in [-0.25, -0.2) is 0 Å². The highest BCUT2D eigenvalue weighted by atomic mass is 16.1. The number of benzene rings is 1. The second-order valence-corrected chi connectivity index (χ2v) is 6.87. The zero-order chi connectivity index (χ0) is 17.3. The van der Waals surface area contributed by atoms with E-state index in [4.69, 9.17) is 0 Å². The summed E-state index contributed by atoms with van der Waals surface area (Å²) in [4.78, 5) is 18.7. The van der Waals surface area contributed by atoms with Crippen LogP contribution < -0.4 is 5.32 Å². The maximum absolute atomic E-state index is 12.0. The molecular weight excluding hydrogens is 310 g/mol. The number of pyridine rings is 1. The van der Waals surface area contributed by atoms with E-state index in [0.29, 0.717) is 12.3 Å². The number of piperidine rings is 1. The molecule has 0 unspecified atom stereocenters. The lowest BCUT2D eigenvalue weighted by atomic mass is 9.96. The van der Waals surface area contributed by atoms with Crippen LogP contribution in [0.4, 0.5) is 0 Å². The van der Waals surface area contributed by atoms with E-state index >= 15 is 0 Å². The van der Waals surface area contributed by atoms with Crippen molar-refractivity contribution in [2.24, 2.45) is 5.92 Å². The third-order valence-electron chi connectivity index (χ3n) is 4.91. The maximum Gasteiger partial charge on any atom is 0.220 e. The molecule has 3 rings (SSSR count). The second-order valence-electron chi connectivity index (χ2n) is 6.87. The number of hydrogen-bond donors (Lipinski definition) is 1. The fraction of sp³-hybridized carbons (Fsp3) is 0.429. The molecule has 2 heterocycles. The number of aromatic nitrogens is 1. The van der Waals surface area contributed by atoms with Crippen molar-refractivity contribution in [2.45, 2.75) is 32.2 Å². The molecule has 1 aliphatic heterocycles. The Labute approximate surface area is 150 Å². The molecule has 1 saturated heterocycles. The Hall–Kier alpha value is -2.20. The van der Waals surface area contributed by atoms with E-state index in [1.807, 2.05) is 36.7 Å². The molecule has 25 heavy (non-hydrogen) atoms. The molecule has 1 N–H and O–H groups in total. The van der Waals surface area contributed by atoms with Crippen LogP contribution in [0.2, 0.25) is 0 Å². The van der Waals surface area contributed by atoms with Gasteiger partial charge in [0, 0.05) is 31.9 Å². The number of aryl methyl sites for hydroxylation is 1. The number of nitrogens with zero attached hydrogens (tertiary/aromatic N) is 2. The van der Waals surface area contributed by atoms with Crippen LogP contribution in [0.1, 0.15) is 30.4 Å². The van der Waals surface area contributed by atoms with Gasteiger partial charge in [0.25, 0.3) is 0 Å². The molecule has 1 aromatic heterocycles. The van der Waals surface area contributed by atoms with Crippen molar-refractivity contribution in [3.05, 3.63) is 66.0 Å². The highest BCUT2D eigenvalue weighted by Gasteiger charge is 2.19. The number of hydrogen-bond acceptors (Lipinski definition) is 3. The van der Waals surface area contributed by atoms with Crippen molar-refractivity contribution in [2.75, 3.05) is 19.6 Å². The first-order valence-electron chi connectivity index (χ1n) is 9.21. The Morgan fingerprint density at radius 1 is 1.08 bits per heavy atom. The third-order valence-corrected chi connectivity index (χ3v) is 4.91. The molecule has 1 fully saturated rings. The number of carbonyl (C=O) groups excluding carboxylic acids is 1. The summed E-state index contributed by atoms with van der Waals surface area (Å²) in [5, 5.41) is 3.12. The van der Waals surface area contributed by atoms with E-state index < -0.39 is 0 Å². The maximum atomic E-state index is 12.0. The van der Waals surface area contributed by atoms with E-state index in [0.717, 1.165) is 45.4 Å². The van der Waals surface area contributed by atoms with E-state index in [1.54, 1.807) is 0 Å². The van der Waals surface area contributed by atoms with Crippen molar-refractivity contribution < 1.29 is 4.79 Å². The fourth-order valence-electron chi connectivity index (χ4n) is 3.35. The van der Waals surface area contributed by atoms with Gasteiger partial charge in [-0.1, -0.05) is 36.4 Å². The van der Waals surface area contributed by atoms with Crippen LogP contribution in [0.5, 0.6) is 0 Å². The van der Waals surface area contributed by atoms with Crippen molar-refractivity contribution in [1.29, 1.82) is 0 Å². The Kier molecular flexibility index (Phi) is 6.57. The molecule has 0 saturated carbocycles. The number of amides is 1. The molecule has 4 nitrogen and oxygen atoms in total. The fourth-order valence-corrected chi connectivity index (χ4v) is 3.35. The molecular formula is C21H27N3O. The first-order valence-corrected chi connectivity index (χ1v) is 9.21. The highest BCUT2D eigenvalue weighted by Crippen LogP contribution is 2.18. The minimum absolute atomic E-state index is 0.168. The SMILES string of the molecule is O=C(CCc1ccccc1)NCC1CCN(Cc2cccnc2)CC1. The molecule has 1 aliphatic rings. The standard InChI is InChI=1S/C21H27N3O/c25-21(9-8-18-5-2-1-3-6-18)23-16-19-10-13-24(14-11-19)17-20-7-4-12-22-15-20/h1-7,12,15,19H,8-11,13-14,16-17H2,(H,23,25). The van der Waals surface area contributed by atoms with Crippen molar-refractivity contribution in [3.63, 3.8) is 0 Å². The summed E-state index contributed by atoms with van der Waals surface area (Å²) < 4.78 is 0. The summed E-state index contributed by atoms with van der Waals surface area (Å²) >= 11 is 0. The topological polar surface area (TPSA) is 45.2 Å². The van der Waals surface area contributed by atoms with Crippen LogP contribution >= 0.6 is 0 Å². The number of likely N-dealkylation sites (tertiary alicyclic amines) is 1. The van der Waals surface area contributed by atoms with E-state index in [2.05, 4.69) is 33.4 Å². The van der Waals surface area contributed by atoms with Gasteiger partial charge in [-0.05, 0) is 55.5 Å². The minimum atomic E-state index is 0.168. The van der Waals surface area contributed by atoms with Crippen molar-refractivity contribution in [3.8, 4) is 0 Å². The summed E-state index contributed by atoms with van der Waals surface area (Å²) in [7, 11) is 0. The van der Waals surface area contributed by atoms with Crippen LogP contribution in [-0.2, 0) is 17.8 Å². The number of carbonyl (C=O) groups is 1. The normalized spacial score (nSPS) is 15.8. The molecule has 1 aromatic carbocycles. The molecule has 132 valence electrons. The molecule has 2 aromatic rings. The Morgan fingerprint density at radius 2 is 1.84 bits per heavy atom. The van der Waals surface area contributed by atoms with Gasteiger partial charge in [0.15, 0.2) is 0 Å². The Balaban J connectivity index is 1.31. The lowest BCUT2D eigenvalue weighted by Gasteiger charge is -2.32. The van der Waals surface area contributed by atoms with Gasteiger partial charge < -0.3 is 5.32 Å². The number of rotatable bonds is 7. The van der Waals surface area contributed by atoms with E-state index in [-0.39, 0.29) is 5.91 Å². The Morgan fingerprint density at radius 3 is 2.56 bits per heavy atom. The van der Waals surface area contributed by atoms with Crippen LogP contribution in [-0.4, -0.2) is 35.4 Å². The smallest absolute Gasteiger partial charge is 0.220 e. The monoisotopic (exact) mass is 337 g/mol. The van der Waals surface area contributed by atoms with Crippen LogP contribution in [0, 0.1) is 5.92 Å². The Bertz CT molecular complexity index is 637. The quantitative estimate of drug-likeness (QED) is 0.845. The van der Waals surface area contributed by atoms with Crippen molar-refractivity contribution in [1.82, 2.24) is 15.2 Å². The van der Waals surface area contributed by atoms with Crippen molar-refractivity contribution >= 4 is 5.91 Å². The predicted molar refractivity (Wildman–Crippen MR) is 100 cm³/mol. The highest BCUT2D eigenvalue weighted by molar-refractivity contribution is 5.76. The van der Waals surface area contributed by atoms with Crippen LogP contribution in [0.25, 0.3) is 0 Å². The predicted octanol–water partition coefficient (Wildman–Crippen LogP) is 3.04. The summed E-state index contributed by atoms with van der Waals surface area (Å²) in [6.07, 6.45) is 7.45. The van der Waals surface area contributed by atoms with Gasteiger partial charge in [-0.3, -0.25) is 14.7 Å². The molecule has 0 radical (unpaired) electrons. The average molecular weight is 337 g/mol. The molecule has 1 amide bonds.